The summed E-state index contributed by atoms with van der Waals surface area (Å²) in [6.07, 6.45) is 4.06. The number of rotatable bonds is 4. The first-order valence-electron chi connectivity index (χ1n) is 4.77. The zero-order valence-corrected chi connectivity index (χ0v) is 7.38. The lowest BCUT2D eigenvalue weighted by Crippen LogP contribution is -2.23. The van der Waals surface area contributed by atoms with E-state index >= 15 is 0 Å². The Hall–Kier alpha value is -0.660. The van der Waals surface area contributed by atoms with E-state index < -0.39 is 0 Å². The molecule has 12 heavy (non-hydrogen) atoms. The summed E-state index contributed by atoms with van der Waals surface area (Å²) in [4.78, 5) is 22.9. The van der Waals surface area contributed by atoms with E-state index in [9.17, 15) is 9.59 Å². The lowest BCUT2D eigenvalue weighted by molar-refractivity contribution is -0.133. The fourth-order valence-corrected chi connectivity index (χ4v) is 1.58. The van der Waals surface area contributed by atoms with Crippen LogP contribution in [0, 0.1) is 17.8 Å². The smallest absolute Gasteiger partial charge is 0.146 e. The number of hydrogen-bond acceptors (Lipinski definition) is 2. The van der Waals surface area contributed by atoms with Gasteiger partial charge in [0.25, 0.3) is 0 Å². The number of ketones is 2. The summed E-state index contributed by atoms with van der Waals surface area (Å²) in [6, 6.07) is 0. The molecule has 66 valence electrons. The molecular formula is C10H14O2. The lowest BCUT2D eigenvalue weighted by atomic mass is 9.95. The summed E-state index contributed by atoms with van der Waals surface area (Å²) < 4.78 is 0. The van der Waals surface area contributed by atoms with Crippen molar-refractivity contribution < 1.29 is 9.59 Å². The molecule has 2 rings (SSSR count). The molecule has 0 atom stereocenters. The van der Waals surface area contributed by atoms with Gasteiger partial charge >= 0.3 is 0 Å². The van der Waals surface area contributed by atoms with Crippen molar-refractivity contribution in [3.63, 3.8) is 0 Å². The maximum atomic E-state index is 11.5. The van der Waals surface area contributed by atoms with E-state index in [2.05, 4.69) is 0 Å². The van der Waals surface area contributed by atoms with Crippen LogP contribution in [0.15, 0.2) is 0 Å². The fraction of sp³-hybridized carbons (Fsp3) is 0.800. The van der Waals surface area contributed by atoms with E-state index in [1.165, 1.54) is 0 Å². The molecule has 0 aromatic heterocycles. The van der Waals surface area contributed by atoms with Gasteiger partial charge in [-0.05, 0) is 32.6 Å². The predicted octanol–water partition coefficient (Wildman–Crippen LogP) is 1.58. The topological polar surface area (TPSA) is 34.1 Å². The van der Waals surface area contributed by atoms with Crippen LogP contribution in [-0.4, -0.2) is 11.6 Å². The summed E-state index contributed by atoms with van der Waals surface area (Å²) in [6.45, 7) is 1.78. The molecule has 0 N–H and O–H groups in total. The van der Waals surface area contributed by atoms with Crippen LogP contribution in [0.4, 0.5) is 0 Å². The fourth-order valence-electron chi connectivity index (χ4n) is 1.58. The first-order chi connectivity index (χ1) is 5.70. The standard InChI is InChI=1S/C10H14O2/c1-6(9(11)7-2-3-7)10(12)8-4-5-8/h6-8H,2-5H2,1H3. The average Bonchev–Trinajstić information content (AvgIpc) is 2.90. The molecular weight excluding hydrogens is 152 g/mol. The first kappa shape index (κ1) is 7.96. The molecule has 0 bridgehead atoms. The maximum Gasteiger partial charge on any atom is 0.146 e. The van der Waals surface area contributed by atoms with Crippen LogP contribution < -0.4 is 0 Å². The SMILES string of the molecule is CC(C(=O)C1CC1)C(=O)C1CC1. The number of hydrogen-bond donors (Lipinski definition) is 0. The van der Waals surface area contributed by atoms with E-state index in [1.54, 1.807) is 6.92 Å². The Kier molecular flexibility index (Phi) is 1.78. The summed E-state index contributed by atoms with van der Waals surface area (Å²) in [5.41, 5.74) is 0. The van der Waals surface area contributed by atoms with Gasteiger partial charge in [0.1, 0.15) is 11.6 Å². The Bertz CT molecular complexity index is 200. The second kappa shape index (κ2) is 2.68. The molecule has 2 aliphatic rings. The highest BCUT2D eigenvalue weighted by Crippen LogP contribution is 2.37. The molecule has 0 aliphatic heterocycles. The van der Waals surface area contributed by atoms with Gasteiger partial charge in [0.15, 0.2) is 0 Å². The van der Waals surface area contributed by atoms with Gasteiger partial charge in [0.05, 0.1) is 5.92 Å². The third-order valence-corrected chi connectivity index (χ3v) is 2.81. The van der Waals surface area contributed by atoms with Gasteiger partial charge < -0.3 is 0 Å². The average molecular weight is 166 g/mol. The number of carbonyl (C=O) groups excluding carboxylic acids is 2. The largest absolute Gasteiger partial charge is 0.299 e. The van der Waals surface area contributed by atoms with Gasteiger partial charge in [-0.15, -0.1) is 0 Å². The van der Waals surface area contributed by atoms with Gasteiger partial charge in [0, 0.05) is 11.8 Å². The molecule has 0 aromatic rings. The molecule has 2 fully saturated rings. The van der Waals surface area contributed by atoms with Crippen molar-refractivity contribution in [3.8, 4) is 0 Å². The molecule has 2 nitrogen and oxygen atoms in total. The summed E-state index contributed by atoms with van der Waals surface area (Å²) in [5.74, 6) is 0.578. The van der Waals surface area contributed by atoms with Gasteiger partial charge in [-0.1, -0.05) is 0 Å². The minimum Gasteiger partial charge on any atom is -0.299 e. The van der Waals surface area contributed by atoms with Crippen LogP contribution in [0.5, 0.6) is 0 Å². The number of carbonyl (C=O) groups is 2. The minimum atomic E-state index is -0.301. The van der Waals surface area contributed by atoms with E-state index in [4.69, 9.17) is 0 Å². The molecule has 2 aliphatic carbocycles. The zero-order valence-electron chi connectivity index (χ0n) is 7.38. The monoisotopic (exact) mass is 166 g/mol. The molecule has 0 heterocycles. The predicted molar refractivity (Wildman–Crippen MR) is 44.6 cm³/mol. The Balaban J connectivity index is 1.92. The summed E-state index contributed by atoms with van der Waals surface area (Å²) in [7, 11) is 0. The Morgan fingerprint density at radius 2 is 1.33 bits per heavy atom. The van der Waals surface area contributed by atoms with Crippen molar-refractivity contribution in [1.29, 1.82) is 0 Å². The Morgan fingerprint density at radius 1 is 1.00 bits per heavy atom. The molecule has 0 radical (unpaired) electrons. The molecule has 0 amide bonds. The molecule has 0 spiro atoms. The maximum absolute atomic E-state index is 11.5. The van der Waals surface area contributed by atoms with Crippen LogP contribution in [0.1, 0.15) is 32.6 Å². The van der Waals surface area contributed by atoms with Crippen molar-refractivity contribution in [2.24, 2.45) is 17.8 Å². The molecule has 0 aromatic carbocycles. The molecule has 0 unspecified atom stereocenters. The third kappa shape index (κ3) is 1.43. The van der Waals surface area contributed by atoms with E-state index in [1.807, 2.05) is 0 Å². The Labute approximate surface area is 72.3 Å². The second-order valence-electron chi connectivity index (χ2n) is 4.07. The molecule has 2 heteroatoms. The van der Waals surface area contributed by atoms with Crippen molar-refractivity contribution in [2.45, 2.75) is 32.6 Å². The molecule has 0 saturated heterocycles. The normalized spacial score (nSPS) is 22.8. The van der Waals surface area contributed by atoms with Crippen molar-refractivity contribution in [1.82, 2.24) is 0 Å². The van der Waals surface area contributed by atoms with Gasteiger partial charge in [0.2, 0.25) is 0 Å². The van der Waals surface area contributed by atoms with Gasteiger partial charge in [-0.2, -0.15) is 0 Å². The second-order valence-corrected chi connectivity index (χ2v) is 4.07. The Morgan fingerprint density at radius 3 is 1.58 bits per heavy atom. The number of Topliss-reactive ketones (excluding diaryl/α,β-unsaturated/α-hetero) is 2. The van der Waals surface area contributed by atoms with Crippen molar-refractivity contribution in [3.05, 3.63) is 0 Å². The van der Waals surface area contributed by atoms with E-state index in [-0.39, 0.29) is 29.3 Å². The zero-order chi connectivity index (χ0) is 8.72. The van der Waals surface area contributed by atoms with Crippen molar-refractivity contribution >= 4 is 11.6 Å². The lowest BCUT2D eigenvalue weighted by Gasteiger charge is -2.06. The van der Waals surface area contributed by atoms with Crippen LogP contribution >= 0.6 is 0 Å². The van der Waals surface area contributed by atoms with E-state index in [0.29, 0.717) is 0 Å². The highest BCUT2D eigenvalue weighted by atomic mass is 16.2. The highest BCUT2D eigenvalue weighted by Gasteiger charge is 2.40. The van der Waals surface area contributed by atoms with Crippen LogP contribution in [-0.2, 0) is 9.59 Å². The third-order valence-electron chi connectivity index (χ3n) is 2.81. The quantitative estimate of drug-likeness (QED) is 0.594. The summed E-state index contributed by atoms with van der Waals surface area (Å²) in [5, 5.41) is 0. The van der Waals surface area contributed by atoms with Crippen LogP contribution in [0.2, 0.25) is 0 Å². The van der Waals surface area contributed by atoms with Gasteiger partial charge in [-0.3, -0.25) is 9.59 Å². The first-order valence-corrected chi connectivity index (χ1v) is 4.77. The highest BCUT2D eigenvalue weighted by molar-refractivity contribution is 6.05. The van der Waals surface area contributed by atoms with E-state index in [0.717, 1.165) is 25.7 Å². The van der Waals surface area contributed by atoms with Crippen LogP contribution in [0.3, 0.4) is 0 Å². The molecule has 2 saturated carbocycles. The van der Waals surface area contributed by atoms with Crippen molar-refractivity contribution in [2.75, 3.05) is 0 Å². The summed E-state index contributed by atoms with van der Waals surface area (Å²) >= 11 is 0. The minimum absolute atomic E-state index is 0.201. The van der Waals surface area contributed by atoms with Gasteiger partial charge in [-0.25, -0.2) is 0 Å². The van der Waals surface area contributed by atoms with Crippen LogP contribution in [0.25, 0.3) is 0 Å².